The zero-order valence-corrected chi connectivity index (χ0v) is 10.1. The van der Waals surface area contributed by atoms with E-state index in [0.29, 0.717) is 16.7 Å². The van der Waals surface area contributed by atoms with Crippen molar-refractivity contribution < 1.29 is 0 Å². The van der Waals surface area contributed by atoms with Crippen molar-refractivity contribution in [1.29, 1.82) is 0 Å². The minimum atomic E-state index is 0.484. The average molecular weight is 286 g/mol. The van der Waals surface area contributed by atoms with Gasteiger partial charge in [-0.25, -0.2) is 0 Å². The van der Waals surface area contributed by atoms with Crippen LogP contribution in [0, 0.1) is 6.92 Å². The highest BCUT2D eigenvalue weighted by Crippen LogP contribution is 2.26. The van der Waals surface area contributed by atoms with E-state index in [1.54, 1.807) is 13.0 Å². The van der Waals surface area contributed by atoms with Gasteiger partial charge < -0.3 is 0 Å². The van der Waals surface area contributed by atoms with Crippen molar-refractivity contribution in [2.24, 2.45) is 0 Å². The predicted molar refractivity (Wildman–Crippen MR) is 60.5 cm³/mol. The molecule has 0 aliphatic carbocycles. The summed E-state index contributed by atoms with van der Waals surface area (Å²) < 4.78 is 0.797. The zero-order valence-electron chi connectivity index (χ0n) is 7.78. The van der Waals surface area contributed by atoms with E-state index < -0.39 is 0 Å². The van der Waals surface area contributed by atoms with Crippen molar-refractivity contribution in [2.45, 2.75) is 6.92 Å². The first-order valence-electron chi connectivity index (χ1n) is 4.16. The van der Waals surface area contributed by atoms with Crippen LogP contribution >= 0.6 is 27.5 Å². The summed E-state index contributed by atoms with van der Waals surface area (Å²) in [6.45, 7) is 1.74. The van der Waals surface area contributed by atoms with Gasteiger partial charge in [-0.2, -0.15) is 0 Å². The van der Waals surface area contributed by atoms with Gasteiger partial charge in [-0.15, -0.1) is 20.4 Å². The van der Waals surface area contributed by atoms with E-state index in [9.17, 15) is 0 Å². The summed E-state index contributed by atoms with van der Waals surface area (Å²) in [5, 5.41) is 16.2. The van der Waals surface area contributed by atoms with Gasteiger partial charge in [-0.1, -0.05) is 11.6 Å². The molecule has 0 aliphatic rings. The number of nitrogens with zero attached hydrogens (tertiary/aromatic N) is 4. The maximum absolute atomic E-state index is 5.87. The highest BCUT2D eigenvalue weighted by Gasteiger charge is 2.05. The Balaban J connectivity index is 2.45. The Hall–Kier alpha value is -1.07. The van der Waals surface area contributed by atoms with E-state index in [1.165, 1.54) is 0 Å². The number of aryl methyl sites for hydroxylation is 1. The molecule has 0 saturated carbocycles. The summed E-state index contributed by atoms with van der Waals surface area (Å²) >= 11 is 9.20. The Kier molecular flexibility index (Phi) is 2.93. The minimum absolute atomic E-state index is 0.484. The van der Waals surface area contributed by atoms with Crippen molar-refractivity contribution in [3.8, 4) is 11.4 Å². The molecule has 1 aromatic heterocycles. The average Bonchev–Trinajstić information content (AvgIpc) is 2.23. The Morgan fingerprint density at radius 2 is 1.80 bits per heavy atom. The number of rotatable bonds is 1. The normalized spacial score (nSPS) is 10.3. The molecule has 0 fully saturated rings. The van der Waals surface area contributed by atoms with E-state index in [2.05, 4.69) is 36.3 Å². The van der Waals surface area contributed by atoms with Crippen LogP contribution in [0.4, 0.5) is 0 Å². The summed E-state index contributed by atoms with van der Waals surface area (Å²) in [4.78, 5) is 0. The van der Waals surface area contributed by atoms with Crippen LogP contribution in [-0.2, 0) is 0 Å². The van der Waals surface area contributed by atoms with Crippen LogP contribution in [0.25, 0.3) is 11.4 Å². The van der Waals surface area contributed by atoms with Crippen molar-refractivity contribution in [3.63, 3.8) is 0 Å². The molecule has 0 amide bonds. The number of hydrogen-bond donors (Lipinski definition) is 0. The van der Waals surface area contributed by atoms with Crippen LogP contribution in [0.5, 0.6) is 0 Å². The first-order chi connectivity index (χ1) is 7.16. The Labute approximate surface area is 99.8 Å². The van der Waals surface area contributed by atoms with Crippen LogP contribution < -0.4 is 0 Å². The van der Waals surface area contributed by atoms with E-state index in [0.717, 1.165) is 10.0 Å². The standard InChI is InChI=1S/C9H6BrClN4/c1-5-12-14-9(15-13-5)6-2-3-8(11)7(10)4-6/h2-4H,1H3. The monoisotopic (exact) mass is 284 g/mol. The molecule has 15 heavy (non-hydrogen) atoms. The fourth-order valence-electron chi connectivity index (χ4n) is 1.03. The van der Waals surface area contributed by atoms with Crippen LogP contribution in [0.2, 0.25) is 5.02 Å². The minimum Gasteiger partial charge on any atom is -0.131 e. The van der Waals surface area contributed by atoms with Gasteiger partial charge >= 0.3 is 0 Å². The van der Waals surface area contributed by atoms with E-state index in [1.807, 2.05) is 12.1 Å². The van der Waals surface area contributed by atoms with Crippen LogP contribution in [0.3, 0.4) is 0 Å². The molecule has 4 nitrogen and oxygen atoms in total. The summed E-state index contributed by atoms with van der Waals surface area (Å²) in [6.07, 6.45) is 0. The smallest absolute Gasteiger partial charge is 0.131 e. The summed E-state index contributed by atoms with van der Waals surface area (Å²) in [5.41, 5.74) is 0.825. The second kappa shape index (κ2) is 4.20. The molecular weight excluding hydrogens is 279 g/mol. The van der Waals surface area contributed by atoms with Gasteiger partial charge in [0.05, 0.1) is 5.02 Å². The molecule has 1 heterocycles. The maximum atomic E-state index is 5.87. The predicted octanol–water partition coefficient (Wildman–Crippen LogP) is 2.66. The van der Waals surface area contributed by atoms with E-state index in [-0.39, 0.29) is 0 Å². The Morgan fingerprint density at radius 1 is 1.13 bits per heavy atom. The highest BCUT2D eigenvalue weighted by atomic mass is 79.9. The summed E-state index contributed by atoms with van der Waals surface area (Å²) in [6, 6.07) is 5.42. The van der Waals surface area contributed by atoms with E-state index in [4.69, 9.17) is 11.6 Å². The fraction of sp³-hybridized carbons (Fsp3) is 0.111. The molecule has 0 unspecified atom stereocenters. The van der Waals surface area contributed by atoms with Gasteiger partial charge in [0.1, 0.15) is 0 Å². The first kappa shape index (κ1) is 10.4. The lowest BCUT2D eigenvalue weighted by Gasteiger charge is -2.00. The number of aromatic nitrogens is 4. The Morgan fingerprint density at radius 3 is 2.40 bits per heavy atom. The third-order valence-corrected chi connectivity index (χ3v) is 2.97. The molecule has 0 aliphatic heterocycles. The van der Waals surface area contributed by atoms with Gasteiger partial charge in [0, 0.05) is 10.0 Å². The van der Waals surface area contributed by atoms with Crippen molar-refractivity contribution in [2.75, 3.05) is 0 Å². The third-order valence-electron chi connectivity index (χ3n) is 1.76. The van der Waals surface area contributed by atoms with Crippen LogP contribution in [-0.4, -0.2) is 20.4 Å². The number of hydrogen-bond acceptors (Lipinski definition) is 4. The summed E-state index contributed by atoms with van der Waals surface area (Å²) in [7, 11) is 0. The van der Waals surface area contributed by atoms with Gasteiger partial charge in [0.2, 0.25) is 5.82 Å². The summed E-state index contributed by atoms with van der Waals surface area (Å²) in [5.74, 6) is 1.03. The highest BCUT2D eigenvalue weighted by molar-refractivity contribution is 9.10. The van der Waals surface area contributed by atoms with Crippen LogP contribution in [0.15, 0.2) is 22.7 Å². The van der Waals surface area contributed by atoms with Gasteiger partial charge in [0.15, 0.2) is 5.82 Å². The fourth-order valence-corrected chi connectivity index (χ4v) is 1.53. The first-order valence-corrected chi connectivity index (χ1v) is 5.33. The SMILES string of the molecule is Cc1nnc(-c2ccc(Cl)c(Br)c2)nn1. The molecule has 0 spiro atoms. The second-order valence-electron chi connectivity index (χ2n) is 2.90. The molecule has 6 heteroatoms. The molecular formula is C9H6BrClN4. The van der Waals surface area contributed by atoms with Crippen molar-refractivity contribution in [3.05, 3.63) is 33.5 Å². The quantitative estimate of drug-likeness (QED) is 0.808. The van der Waals surface area contributed by atoms with Gasteiger partial charge in [-0.05, 0) is 41.1 Å². The molecule has 0 N–H and O–H groups in total. The van der Waals surface area contributed by atoms with Gasteiger partial charge in [0.25, 0.3) is 0 Å². The zero-order chi connectivity index (χ0) is 10.8. The van der Waals surface area contributed by atoms with E-state index >= 15 is 0 Å². The van der Waals surface area contributed by atoms with Gasteiger partial charge in [-0.3, -0.25) is 0 Å². The molecule has 2 aromatic rings. The second-order valence-corrected chi connectivity index (χ2v) is 4.16. The lowest BCUT2D eigenvalue weighted by Crippen LogP contribution is -1.98. The van der Waals surface area contributed by atoms with Crippen LogP contribution in [0.1, 0.15) is 5.82 Å². The molecule has 0 saturated heterocycles. The molecule has 0 bridgehead atoms. The topological polar surface area (TPSA) is 51.6 Å². The lowest BCUT2D eigenvalue weighted by atomic mass is 10.2. The molecule has 1 aromatic carbocycles. The maximum Gasteiger partial charge on any atom is 0.203 e. The third kappa shape index (κ3) is 2.30. The molecule has 0 atom stereocenters. The lowest BCUT2D eigenvalue weighted by molar-refractivity contribution is 0.816. The molecule has 2 rings (SSSR count). The molecule has 0 radical (unpaired) electrons. The number of benzene rings is 1. The molecule has 76 valence electrons. The van der Waals surface area contributed by atoms with Crippen molar-refractivity contribution >= 4 is 27.5 Å². The number of halogens is 2. The largest absolute Gasteiger partial charge is 0.203 e. The Bertz CT molecular complexity index is 486. The van der Waals surface area contributed by atoms with Crippen molar-refractivity contribution in [1.82, 2.24) is 20.4 Å².